The molecule has 0 heterocycles. The van der Waals surface area contributed by atoms with Crippen LogP contribution in [0.15, 0.2) is 0 Å². The first kappa shape index (κ1) is 55.5. The van der Waals surface area contributed by atoms with E-state index in [1.165, 1.54) is 51.4 Å². The second-order valence-electron chi connectivity index (χ2n) is 18.2. The molecule has 0 aromatic heterocycles. The Labute approximate surface area is 402 Å². The Balaban J connectivity index is -0.000000241. The number of nitrogens with zero attached hydrogens (tertiary/aromatic N) is 2. The van der Waals surface area contributed by atoms with Gasteiger partial charge in [-0.1, -0.05) is 112 Å². The van der Waals surface area contributed by atoms with Gasteiger partial charge in [-0.25, -0.2) is 0 Å². The Morgan fingerprint density at radius 2 is 0.477 bits per heavy atom. The van der Waals surface area contributed by atoms with E-state index >= 15 is 0 Å². The summed E-state index contributed by atoms with van der Waals surface area (Å²) in [7, 11) is 14.0. The Hall–Kier alpha value is 4.73. The molecule has 0 bridgehead atoms. The summed E-state index contributed by atoms with van der Waals surface area (Å²) in [5, 5.41) is 0. The molecule has 0 spiro atoms. The first-order valence-corrected chi connectivity index (χ1v) is 31.1. The average molecular weight is 931 g/mol. The van der Waals surface area contributed by atoms with E-state index in [-0.39, 0.29) is 138 Å². The molecule has 0 aliphatic heterocycles. The van der Waals surface area contributed by atoms with Crippen LogP contribution in [-0.2, 0) is 0 Å². The van der Waals surface area contributed by atoms with Crippen molar-refractivity contribution < 1.29 is 157 Å². The van der Waals surface area contributed by atoms with Gasteiger partial charge in [-0.2, -0.15) is 0 Å². The third-order valence-electron chi connectivity index (χ3n) is 7.84. The van der Waals surface area contributed by atoms with E-state index in [9.17, 15) is 0 Å². The molecule has 0 aromatic carbocycles. The van der Waals surface area contributed by atoms with Crippen LogP contribution in [-0.4, -0.2) is 113 Å². The Morgan fingerprint density at radius 1 is 0.341 bits per heavy atom. The second-order valence-corrected chi connectivity index (χ2v) is 37.4. The molecular weight excluding hydrogens is 847 g/mol. The van der Waals surface area contributed by atoms with Crippen molar-refractivity contribution in [3.63, 3.8) is 0 Å². The maximum absolute atomic E-state index is 4.82. The molecule has 0 amide bonds. The van der Waals surface area contributed by atoms with Gasteiger partial charge in [-0.3, -0.25) is 0 Å². The van der Waals surface area contributed by atoms with Gasteiger partial charge in [0.25, 0.3) is 0 Å². The van der Waals surface area contributed by atoms with Crippen molar-refractivity contribution in [1.82, 2.24) is 0 Å². The standard InChI is InChI=1S/2C10H22N2.2C6H18NSi2.2Cs/c2*1-11(2)9-7-5-6-8-10(9)12(3)4;2*1-8(2,3)7-9(4,5)6;;/h2*9-10H,5-8H2,1-4H3;2*1-6H3;;/q;;2*-1;2*+1/p+4/t2*9-,10-;;;;/m11..../s1. The van der Waals surface area contributed by atoms with Gasteiger partial charge in [-0.05, 0) is 25.7 Å². The number of rotatable bonds is 8. The van der Waals surface area contributed by atoms with E-state index < -0.39 is 32.9 Å². The van der Waals surface area contributed by atoms with E-state index in [4.69, 9.17) is 9.30 Å². The number of nitrogens with one attached hydrogen (secondary N) is 4. The third-order valence-corrected chi connectivity index (χ3v) is 18.6. The predicted octanol–water partition coefficient (Wildman–Crippen LogP) is -2.76. The predicted molar refractivity (Wildman–Crippen MR) is 203 cm³/mol. The van der Waals surface area contributed by atoms with Crippen LogP contribution < -0.4 is 157 Å². The van der Waals surface area contributed by atoms with Crippen LogP contribution in [0.3, 0.4) is 0 Å². The smallest absolute Gasteiger partial charge is 0.668 e. The van der Waals surface area contributed by atoms with Gasteiger partial charge >= 0.3 is 138 Å². The molecule has 44 heavy (non-hydrogen) atoms. The number of quaternary nitrogens is 4. The molecule has 2 aliphatic rings. The van der Waals surface area contributed by atoms with Crippen molar-refractivity contribution in [3.05, 3.63) is 9.30 Å². The molecule has 2 rings (SSSR count). The van der Waals surface area contributed by atoms with Crippen molar-refractivity contribution in [2.45, 2.75) is 154 Å². The fraction of sp³-hybridized carbons (Fsp3) is 1.00. The zero-order valence-electron chi connectivity index (χ0n) is 34.9. The van der Waals surface area contributed by atoms with Crippen molar-refractivity contribution in [2.75, 3.05) is 56.4 Å². The Bertz CT molecular complexity index is 574. The summed E-state index contributed by atoms with van der Waals surface area (Å²) in [5.41, 5.74) is 0. The van der Waals surface area contributed by atoms with E-state index in [0.29, 0.717) is 0 Å². The Kier molecular flexibility index (Phi) is 33.4. The molecule has 6 nitrogen and oxygen atoms in total. The molecular formula is C32H84Cs2N6Si4+4. The molecule has 0 saturated heterocycles. The minimum Gasteiger partial charge on any atom is -0.668 e. The summed E-state index contributed by atoms with van der Waals surface area (Å²) in [6, 6.07) is 3.57. The Morgan fingerprint density at radius 3 is 0.545 bits per heavy atom. The maximum Gasteiger partial charge on any atom is 1.00 e. The second kappa shape index (κ2) is 26.5. The minimum atomic E-state index is -1.11. The normalized spacial score (nSPS) is 22.9. The molecule has 2 aliphatic carbocycles. The van der Waals surface area contributed by atoms with Gasteiger partial charge in [0.15, 0.2) is 0 Å². The summed E-state index contributed by atoms with van der Waals surface area (Å²) < 4.78 is 9.64. The first-order chi connectivity index (χ1) is 18.7. The zero-order chi connectivity index (χ0) is 33.7. The molecule has 0 aromatic rings. The number of hydrogen-bond acceptors (Lipinski definition) is 0. The van der Waals surface area contributed by atoms with Gasteiger partial charge < -0.3 is 28.9 Å². The van der Waals surface area contributed by atoms with Gasteiger partial charge in [0.1, 0.15) is 24.2 Å². The van der Waals surface area contributed by atoms with Gasteiger partial charge in [0.2, 0.25) is 0 Å². The fourth-order valence-corrected chi connectivity index (χ4v) is 23.1. The number of likely N-dealkylation sites (N-methyl/N-ethyl adjacent to an activating group) is 4. The van der Waals surface area contributed by atoms with Crippen LogP contribution in [0.1, 0.15) is 51.4 Å². The minimum absolute atomic E-state index is 0. The summed E-state index contributed by atoms with van der Waals surface area (Å²) in [6.45, 7) is 27.6. The first-order valence-electron chi connectivity index (χ1n) is 17.3. The maximum atomic E-state index is 4.82. The molecule has 0 unspecified atom stereocenters. The molecule has 4 atom stereocenters. The van der Waals surface area contributed by atoms with Crippen LogP contribution in [0.4, 0.5) is 0 Å². The molecule has 4 N–H and O–H groups in total. The summed E-state index contributed by atoms with van der Waals surface area (Å²) in [6.07, 6.45) is 11.5. The van der Waals surface area contributed by atoms with Crippen LogP contribution >= 0.6 is 0 Å². The average Bonchev–Trinajstić information content (AvgIpc) is 2.75. The van der Waals surface area contributed by atoms with Crippen molar-refractivity contribution in [2.24, 2.45) is 0 Å². The fourth-order valence-electron chi connectivity index (χ4n) is 7.04. The van der Waals surface area contributed by atoms with Crippen molar-refractivity contribution >= 4 is 32.9 Å². The van der Waals surface area contributed by atoms with Crippen molar-refractivity contribution in [3.8, 4) is 0 Å². The molecule has 12 heteroatoms. The monoisotopic (exact) mass is 930 g/mol. The molecule has 0 radical (unpaired) electrons. The van der Waals surface area contributed by atoms with E-state index in [1.807, 2.05) is 0 Å². The summed E-state index contributed by atoms with van der Waals surface area (Å²) in [4.78, 5) is 6.56. The van der Waals surface area contributed by atoms with Crippen LogP contribution in [0.2, 0.25) is 78.6 Å². The van der Waals surface area contributed by atoms with E-state index in [0.717, 1.165) is 24.2 Å². The van der Waals surface area contributed by atoms with Gasteiger partial charge in [0.05, 0.1) is 56.4 Å². The van der Waals surface area contributed by atoms with Gasteiger partial charge in [-0.15, -0.1) is 0 Å². The van der Waals surface area contributed by atoms with E-state index in [1.54, 1.807) is 19.6 Å². The molecule has 256 valence electrons. The number of hydrogen-bond donors (Lipinski definition) is 4. The topological polar surface area (TPSA) is 46.0 Å². The third kappa shape index (κ3) is 32.6. The van der Waals surface area contributed by atoms with E-state index in [2.05, 4.69) is 135 Å². The summed E-state index contributed by atoms with van der Waals surface area (Å²) in [5.74, 6) is 0. The van der Waals surface area contributed by atoms with Crippen LogP contribution in [0.5, 0.6) is 0 Å². The molecule has 2 fully saturated rings. The quantitative estimate of drug-likeness (QED) is 0.191. The SMILES string of the molecule is C[NH+](C)[C@@H]1CCCC[C@H]1[NH+](C)C.C[NH+](C)[C@@H]1CCCC[C@H]1[NH+](C)C.C[Si](C)(C)[N-][Si](C)(C)C.C[Si](C)(C)[N-][Si](C)(C)C.[Cs+].[Cs+]. The van der Waals surface area contributed by atoms with Gasteiger partial charge in [0, 0.05) is 25.7 Å². The largest absolute Gasteiger partial charge is 1.00 e. The van der Waals surface area contributed by atoms with Crippen LogP contribution in [0, 0.1) is 0 Å². The van der Waals surface area contributed by atoms with Crippen molar-refractivity contribution in [1.29, 1.82) is 0 Å². The summed E-state index contributed by atoms with van der Waals surface area (Å²) >= 11 is 0. The zero-order valence-corrected chi connectivity index (χ0v) is 51.4. The van der Waals surface area contributed by atoms with Crippen LogP contribution in [0.25, 0.3) is 9.30 Å². The molecule has 2 saturated carbocycles.